The monoisotopic (exact) mass is 490 g/mol. The molecule has 0 aromatic heterocycles. The van der Waals surface area contributed by atoms with Crippen LogP contribution >= 0.6 is 11.8 Å². The van der Waals surface area contributed by atoms with Gasteiger partial charge >= 0.3 is 5.97 Å². The van der Waals surface area contributed by atoms with Gasteiger partial charge in [0.05, 0.1) is 16.4 Å². The Morgan fingerprint density at radius 3 is 2.43 bits per heavy atom. The lowest BCUT2D eigenvalue weighted by molar-refractivity contribution is -0.384. The van der Waals surface area contributed by atoms with Crippen LogP contribution < -0.4 is 0 Å². The van der Waals surface area contributed by atoms with Crippen LogP contribution in [0.5, 0.6) is 5.75 Å². The first-order valence-corrected chi connectivity index (χ1v) is 11.2. The molecule has 1 saturated heterocycles. The first-order chi connectivity index (χ1) is 16.8. The Bertz CT molecular complexity index is 1340. The molecule has 3 aromatic carbocycles. The van der Waals surface area contributed by atoms with E-state index >= 15 is 0 Å². The zero-order chi connectivity index (χ0) is 24.9. The minimum atomic E-state index is -0.729. The van der Waals surface area contributed by atoms with Crippen molar-refractivity contribution in [2.24, 2.45) is 0 Å². The molecule has 0 unspecified atom stereocenters. The fourth-order valence-electron chi connectivity index (χ4n) is 3.30. The maximum absolute atomic E-state index is 12.8. The Morgan fingerprint density at radius 2 is 1.74 bits per heavy atom. The lowest BCUT2D eigenvalue weighted by Crippen LogP contribution is -2.27. The van der Waals surface area contributed by atoms with Crippen molar-refractivity contribution in [3.05, 3.63) is 110 Å². The number of esters is 1. The number of phenols is 1. The Balaban J connectivity index is 1.48. The Labute approximate surface area is 203 Å². The van der Waals surface area contributed by atoms with Gasteiger partial charge in [0, 0.05) is 12.1 Å². The quantitative estimate of drug-likeness (QED) is 0.215. The van der Waals surface area contributed by atoms with Crippen LogP contribution in [0, 0.1) is 10.1 Å². The molecule has 0 atom stereocenters. The minimum Gasteiger partial charge on any atom is -0.507 e. The van der Waals surface area contributed by atoms with Crippen molar-refractivity contribution < 1.29 is 29.2 Å². The van der Waals surface area contributed by atoms with E-state index in [1.54, 1.807) is 12.1 Å². The van der Waals surface area contributed by atoms with E-state index in [2.05, 4.69) is 0 Å². The van der Waals surface area contributed by atoms with Gasteiger partial charge in [0.1, 0.15) is 17.9 Å². The lowest BCUT2D eigenvalue weighted by atomic mass is 10.1. The van der Waals surface area contributed by atoms with Crippen LogP contribution in [0.1, 0.15) is 27.0 Å². The van der Waals surface area contributed by atoms with Gasteiger partial charge in [-0.05, 0) is 46.7 Å². The molecule has 10 heteroatoms. The fraction of sp³-hybridized carbons (Fsp3) is 0.0800. The second kappa shape index (κ2) is 10.2. The van der Waals surface area contributed by atoms with Gasteiger partial charge in [0.25, 0.3) is 16.8 Å². The summed E-state index contributed by atoms with van der Waals surface area (Å²) in [7, 11) is 0. The standard InChI is InChI=1S/C25H18N2O7S/c28-21-11-8-18(12-20(21)24(30)34-15-17-4-2-1-3-5-17)13-22-23(29)26(25(31)35-22)14-16-6-9-19(10-7-16)27(32)33/h1-13,28H,14-15H2/b22-13+. The number of nitrogens with zero attached hydrogens (tertiary/aromatic N) is 2. The summed E-state index contributed by atoms with van der Waals surface area (Å²) in [4.78, 5) is 49.2. The van der Waals surface area contributed by atoms with Crippen molar-refractivity contribution in [3.8, 4) is 5.75 Å². The highest BCUT2D eigenvalue weighted by Gasteiger charge is 2.35. The largest absolute Gasteiger partial charge is 0.507 e. The molecule has 3 aromatic rings. The molecule has 1 aliphatic rings. The molecule has 1 aliphatic heterocycles. The molecule has 9 nitrogen and oxygen atoms in total. The highest BCUT2D eigenvalue weighted by Crippen LogP contribution is 2.34. The van der Waals surface area contributed by atoms with E-state index in [1.165, 1.54) is 48.5 Å². The van der Waals surface area contributed by atoms with Crippen molar-refractivity contribution in [3.63, 3.8) is 0 Å². The van der Waals surface area contributed by atoms with Gasteiger partial charge in [0.2, 0.25) is 0 Å². The molecule has 1 N–H and O–H groups in total. The van der Waals surface area contributed by atoms with Crippen LogP contribution in [0.2, 0.25) is 0 Å². The Morgan fingerprint density at radius 1 is 1.03 bits per heavy atom. The molecule has 35 heavy (non-hydrogen) atoms. The number of non-ortho nitro benzene ring substituents is 1. The number of nitro benzene ring substituents is 1. The number of hydrogen-bond donors (Lipinski definition) is 1. The normalized spacial score (nSPS) is 14.4. The number of aromatic hydroxyl groups is 1. The van der Waals surface area contributed by atoms with Crippen molar-refractivity contribution in [1.29, 1.82) is 0 Å². The van der Waals surface area contributed by atoms with Crippen molar-refractivity contribution >= 4 is 40.6 Å². The van der Waals surface area contributed by atoms with E-state index in [-0.39, 0.29) is 35.1 Å². The van der Waals surface area contributed by atoms with Crippen LogP contribution in [0.4, 0.5) is 10.5 Å². The summed E-state index contributed by atoms with van der Waals surface area (Å²) in [6.45, 7) is -0.00247. The fourth-order valence-corrected chi connectivity index (χ4v) is 4.14. The van der Waals surface area contributed by atoms with Crippen LogP contribution in [-0.4, -0.2) is 32.0 Å². The average molecular weight is 490 g/mol. The third-order valence-electron chi connectivity index (χ3n) is 5.11. The summed E-state index contributed by atoms with van der Waals surface area (Å²) in [6, 6.07) is 18.9. The second-order valence-corrected chi connectivity index (χ2v) is 8.52. The molecule has 2 amide bonds. The van der Waals surface area contributed by atoms with Gasteiger partial charge in [-0.3, -0.25) is 24.6 Å². The van der Waals surface area contributed by atoms with E-state index in [4.69, 9.17) is 4.74 Å². The van der Waals surface area contributed by atoms with Gasteiger partial charge in [-0.1, -0.05) is 48.5 Å². The first-order valence-electron chi connectivity index (χ1n) is 10.3. The van der Waals surface area contributed by atoms with Gasteiger partial charge < -0.3 is 9.84 Å². The molecule has 1 fully saturated rings. The van der Waals surface area contributed by atoms with Crippen molar-refractivity contribution in [2.75, 3.05) is 0 Å². The molecule has 0 saturated carbocycles. The molecular weight excluding hydrogens is 472 g/mol. The van der Waals surface area contributed by atoms with E-state index in [0.29, 0.717) is 11.1 Å². The number of nitro groups is 1. The topological polar surface area (TPSA) is 127 Å². The summed E-state index contributed by atoms with van der Waals surface area (Å²) in [5.41, 5.74) is 1.62. The number of rotatable bonds is 7. The molecule has 0 bridgehead atoms. The molecule has 0 spiro atoms. The Hall–Kier alpha value is -4.44. The lowest BCUT2D eigenvalue weighted by Gasteiger charge is -2.12. The predicted octanol–water partition coefficient (Wildman–Crippen LogP) is 4.89. The smallest absolute Gasteiger partial charge is 0.342 e. The van der Waals surface area contributed by atoms with E-state index in [0.717, 1.165) is 22.2 Å². The summed E-state index contributed by atoms with van der Waals surface area (Å²) >= 11 is 0.742. The number of carbonyl (C=O) groups excluding carboxylic acids is 3. The molecular formula is C25H18N2O7S. The number of ether oxygens (including phenoxy) is 1. The number of phenolic OH excluding ortho intramolecular Hbond substituents is 1. The van der Waals surface area contributed by atoms with Crippen LogP contribution in [0.3, 0.4) is 0 Å². The first kappa shape index (κ1) is 23.7. The number of hydrogen-bond acceptors (Lipinski definition) is 8. The number of amides is 2. The maximum Gasteiger partial charge on any atom is 0.342 e. The summed E-state index contributed by atoms with van der Waals surface area (Å²) in [5.74, 6) is -1.53. The van der Waals surface area contributed by atoms with E-state index < -0.39 is 22.0 Å². The van der Waals surface area contributed by atoms with Crippen molar-refractivity contribution in [1.82, 2.24) is 4.90 Å². The van der Waals surface area contributed by atoms with Crippen LogP contribution in [-0.2, 0) is 22.7 Å². The number of imide groups is 1. The Kier molecular flexibility index (Phi) is 6.93. The summed E-state index contributed by atoms with van der Waals surface area (Å²) < 4.78 is 5.27. The van der Waals surface area contributed by atoms with E-state index in [9.17, 15) is 29.6 Å². The van der Waals surface area contributed by atoms with Gasteiger partial charge in [0.15, 0.2) is 0 Å². The zero-order valence-corrected chi connectivity index (χ0v) is 18.9. The molecule has 176 valence electrons. The third-order valence-corrected chi connectivity index (χ3v) is 6.02. The molecule has 1 heterocycles. The van der Waals surface area contributed by atoms with E-state index in [1.807, 2.05) is 18.2 Å². The maximum atomic E-state index is 12.8. The highest BCUT2D eigenvalue weighted by atomic mass is 32.2. The zero-order valence-electron chi connectivity index (χ0n) is 18.1. The number of carbonyl (C=O) groups is 3. The number of thioether (sulfide) groups is 1. The van der Waals surface area contributed by atoms with Gasteiger partial charge in [-0.15, -0.1) is 0 Å². The SMILES string of the molecule is O=C(OCc1ccccc1)c1cc(/C=C2/SC(=O)N(Cc3ccc([N+](=O)[O-])cc3)C2=O)ccc1O. The second-order valence-electron chi connectivity index (χ2n) is 7.53. The summed E-state index contributed by atoms with van der Waals surface area (Å²) in [6.07, 6.45) is 1.45. The minimum absolute atomic E-state index is 0.0326. The third kappa shape index (κ3) is 5.56. The van der Waals surface area contributed by atoms with Gasteiger partial charge in [-0.2, -0.15) is 0 Å². The van der Waals surface area contributed by atoms with Crippen LogP contribution in [0.15, 0.2) is 77.7 Å². The highest BCUT2D eigenvalue weighted by molar-refractivity contribution is 8.18. The molecule has 0 aliphatic carbocycles. The average Bonchev–Trinajstić information content (AvgIpc) is 3.12. The van der Waals surface area contributed by atoms with Crippen molar-refractivity contribution in [2.45, 2.75) is 13.2 Å². The van der Waals surface area contributed by atoms with Crippen LogP contribution in [0.25, 0.3) is 6.08 Å². The number of benzene rings is 3. The van der Waals surface area contributed by atoms with Gasteiger partial charge in [-0.25, -0.2) is 4.79 Å². The molecule has 0 radical (unpaired) electrons. The summed E-state index contributed by atoms with van der Waals surface area (Å²) in [5, 5.41) is 20.4. The predicted molar refractivity (Wildman–Crippen MR) is 128 cm³/mol. The molecule has 4 rings (SSSR count).